The molecule has 0 saturated carbocycles. The minimum absolute atomic E-state index is 0.187. The van der Waals surface area contributed by atoms with Gasteiger partial charge in [0.05, 0.1) is 12.2 Å². The first-order chi connectivity index (χ1) is 9.15. The molecule has 1 aliphatic heterocycles. The van der Waals surface area contributed by atoms with E-state index in [1.807, 2.05) is 13.8 Å². The molecular weight excluding hydrogens is 280 g/mol. The SMILES string of the molecule is C[C@@H]1CC(SNC(=O)NC(=O)OC(C)(C)C)C[C@H](C)O1. The topological polar surface area (TPSA) is 76.7 Å². The van der Waals surface area contributed by atoms with Gasteiger partial charge in [0.25, 0.3) is 0 Å². The van der Waals surface area contributed by atoms with Gasteiger partial charge >= 0.3 is 12.1 Å². The monoisotopic (exact) mass is 304 g/mol. The maximum absolute atomic E-state index is 11.6. The number of alkyl carbamates (subject to hydrolysis) is 1. The summed E-state index contributed by atoms with van der Waals surface area (Å²) >= 11 is 1.32. The maximum atomic E-state index is 11.6. The molecule has 0 aromatic heterocycles. The molecule has 0 spiro atoms. The number of nitrogens with one attached hydrogen (secondary N) is 2. The Labute approximate surface area is 124 Å². The highest BCUT2D eigenvalue weighted by Gasteiger charge is 2.26. The Morgan fingerprint density at radius 3 is 2.25 bits per heavy atom. The number of rotatable bonds is 2. The molecule has 0 aromatic rings. The molecule has 0 bridgehead atoms. The predicted octanol–water partition coefficient (Wildman–Crippen LogP) is 2.82. The number of imide groups is 1. The lowest BCUT2D eigenvalue weighted by molar-refractivity contribution is -0.0265. The van der Waals surface area contributed by atoms with Gasteiger partial charge in [-0.2, -0.15) is 0 Å². The molecule has 1 fully saturated rings. The van der Waals surface area contributed by atoms with Gasteiger partial charge in [-0.3, -0.25) is 4.72 Å². The molecule has 0 aliphatic carbocycles. The average molecular weight is 304 g/mol. The van der Waals surface area contributed by atoms with E-state index in [0.29, 0.717) is 0 Å². The lowest BCUT2D eigenvalue weighted by atomic mass is 10.1. The third-order valence-electron chi connectivity index (χ3n) is 2.59. The van der Waals surface area contributed by atoms with Crippen molar-refractivity contribution < 1.29 is 19.1 Å². The lowest BCUT2D eigenvalue weighted by Gasteiger charge is -2.31. The van der Waals surface area contributed by atoms with Crippen LogP contribution in [0.4, 0.5) is 9.59 Å². The Morgan fingerprint density at radius 2 is 1.75 bits per heavy atom. The Balaban J connectivity index is 2.27. The molecule has 1 aliphatic rings. The van der Waals surface area contributed by atoms with Gasteiger partial charge in [-0.15, -0.1) is 0 Å². The molecule has 1 unspecified atom stereocenters. The van der Waals surface area contributed by atoms with Crippen molar-refractivity contribution in [2.45, 2.75) is 70.5 Å². The van der Waals surface area contributed by atoms with E-state index in [0.717, 1.165) is 12.8 Å². The highest BCUT2D eigenvalue weighted by molar-refractivity contribution is 7.98. The Hall–Kier alpha value is -0.950. The van der Waals surface area contributed by atoms with Crippen LogP contribution in [0.25, 0.3) is 0 Å². The quantitative estimate of drug-likeness (QED) is 0.767. The highest BCUT2D eigenvalue weighted by Crippen LogP contribution is 2.27. The van der Waals surface area contributed by atoms with Crippen LogP contribution in [-0.4, -0.2) is 35.2 Å². The zero-order chi connectivity index (χ0) is 15.3. The summed E-state index contributed by atoms with van der Waals surface area (Å²) in [4.78, 5) is 23.0. The van der Waals surface area contributed by atoms with Crippen molar-refractivity contribution in [2.24, 2.45) is 0 Å². The van der Waals surface area contributed by atoms with Crippen molar-refractivity contribution >= 4 is 24.1 Å². The van der Waals surface area contributed by atoms with Gasteiger partial charge in [0.1, 0.15) is 5.60 Å². The van der Waals surface area contributed by atoms with E-state index in [-0.39, 0.29) is 17.5 Å². The number of carbonyl (C=O) groups is 2. The van der Waals surface area contributed by atoms with E-state index in [4.69, 9.17) is 9.47 Å². The summed E-state index contributed by atoms with van der Waals surface area (Å²) in [7, 11) is 0. The van der Waals surface area contributed by atoms with Crippen LogP contribution in [0.1, 0.15) is 47.5 Å². The zero-order valence-electron chi connectivity index (χ0n) is 12.7. The van der Waals surface area contributed by atoms with Crippen LogP contribution in [0.3, 0.4) is 0 Å². The smallest absolute Gasteiger partial charge is 0.415 e. The standard InChI is InChI=1S/C13H24N2O4S/c1-8-6-10(7-9(2)18-8)20-15-11(16)14-12(17)19-13(3,4)5/h8-10H,6-7H2,1-5H3,(H2,14,15,16,17)/t8-,9+,10?. The normalized spacial score (nSPS) is 26.8. The molecule has 20 heavy (non-hydrogen) atoms. The second-order valence-electron chi connectivity index (χ2n) is 6.03. The molecule has 1 saturated heterocycles. The van der Waals surface area contributed by atoms with Crippen molar-refractivity contribution in [2.75, 3.05) is 0 Å². The number of urea groups is 1. The van der Waals surface area contributed by atoms with Crippen molar-refractivity contribution in [3.63, 3.8) is 0 Å². The van der Waals surface area contributed by atoms with Gasteiger partial charge in [-0.05, 0) is 59.4 Å². The van der Waals surface area contributed by atoms with Gasteiger partial charge in [0, 0.05) is 5.25 Å². The van der Waals surface area contributed by atoms with Crippen LogP contribution in [0.5, 0.6) is 0 Å². The van der Waals surface area contributed by atoms with Gasteiger partial charge in [0.2, 0.25) is 0 Å². The van der Waals surface area contributed by atoms with Crippen LogP contribution in [0.15, 0.2) is 0 Å². The van der Waals surface area contributed by atoms with E-state index in [1.54, 1.807) is 20.8 Å². The molecule has 6 nitrogen and oxygen atoms in total. The minimum atomic E-state index is -0.746. The van der Waals surface area contributed by atoms with Crippen molar-refractivity contribution in [1.29, 1.82) is 0 Å². The summed E-state index contributed by atoms with van der Waals surface area (Å²) in [5.74, 6) is 0. The summed E-state index contributed by atoms with van der Waals surface area (Å²) in [5.41, 5.74) is -0.622. The van der Waals surface area contributed by atoms with Gasteiger partial charge in [-0.25, -0.2) is 14.9 Å². The fourth-order valence-electron chi connectivity index (χ4n) is 2.00. The minimum Gasteiger partial charge on any atom is -0.443 e. The van der Waals surface area contributed by atoms with E-state index in [9.17, 15) is 9.59 Å². The summed E-state index contributed by atoms with van der Waals surface area (Å²) in [6.45, 7) is 9.26. The Bertz CT molecular complexity index is 347. The van der Waals surface area contributed by atoms with Crippen molar-refractivity contribution in [1.82, 2.24) is 10.0 Å². The molecule has 2 N–H and O–H groups in total. The Morgan fingerprint density at radius 1 is 1.20 bits per heavy atom. The summed E-state index contributed by atoms with van der Waals surface area (Å²) in [5, 5.41) is 2.43. The first kappa shape index (κ1) is 17.1. The number of hydrogen-bond acceptors (Lipinski definition) is 5. The summed E-state index contributed by atoms with van der Waals surface area (Å²) in [6, 6.07) is -0.559. The van der Waals surface area contributed by atoms with Crippen LogP contribution in [0.2, 0.25) is 0 Å². The number of carbonyl (C=O) groups excluding carboxylic acids is 2. The molecule has 116 valence electrons. The van der Waals surface area contributed by atoms with Crippen LogP contribution < -0.4 is 10.0 Å². The number of ether oxygens (including phenoxy) is 2. The fourth-order valence-corrected chi connectivity index (χ4v) is 3.06. The van der Waals surface area contributed by atoms with E-state index < -0.39 is 17.7 Å². The van der Waals surface area contributed by atoms with Crippen LogP contribution in [-0.2, 0) is 9.47 Å². The van der Waals surface area contributed by atoms with Crippen molar-refractivity contribution in [3.05, 3.63) is 0 Å². The first-order valence-corrected chi connectivity index (χ1v) is 7.65. The summed E-state index contributed by atoms with van der Waals surface area (Å²) < 4.78 is 13.2. The molecule has 3 amide bonds. The highest BCUT2D eigenvalue weighted by atomic mass is 32.2. The molecule has 0 radical (unpaired) electrons. The Kier molecular flexibility index (Phi) is 6.13. The van der Waals surface area contributed by atoms with E-state index in [2.05, 4.69) is 10.0 Å². The molecular formula is C13H24N2O4S. The molecule has 1 rings (SSSR count). The number of amides is 3. The second kappa shape index (κ2) is 7.17. The zero-order valence-corrected chi connectivity index (χ0v) is 13.5. The predicted molar refractivity (Wildman–Crippen MR) is 78.5 cm³/mol. The lowest BCUT2D eigenvalue weighted by Crippen LogP contribution is -2.41. The summed E-state index contributed by atoms with van der Waals surface area (Å²) in [6.07, 6.45) is 1.38. The molecule has 7 heteroatoms. The van der Waals surface area contributed by atoms with E-state index in [1.165, 1.54) is 11.9 Å². The maximum Gasteiger partial charge on any atom is 0.415 e. The van der Waals surface area contributed by atoms with Crippen LogP contribution >= 0.6 is 11.9 Å². The van der Waals surface area contributed by atoms with Crippen molar-refractivity contribution in [3.8, 4) is 0 Å². The van der Waals surface area contributed by atoms with Gasteiger partial charge < -0.3 is 9.47 Å². The third kappa shape index (κ3) is 7.00. The first-order valence-electron chi connectivity index (χ1n) is 6.77. The molecule has 3 atom stereocenters. The average Bonchev–Trinajstić information content (AvgIpc) is 2.22. The second-order valence-corrected chi connectivity index (χ2v) is 7.13. The van der Waals surface area contributed by atoms with Gasteiger partial charge in [-0.1, -0.05) is 0 Å². The molecule has 1 heterocycles. The number of hydrogen-bond donors (Lipinski definition) is 2. The third-order valence-corrected chi connectivity index (χ3v) is 3.61. The fraction of sp³-hybridized carbons (Fsp3) is 0.846. The van der Waals surface area contributed by atoms with Crippen LogP contribution in [0, 0.1) is 0 Å². The largest absolute Gasteiger partial charge is 0.443 e. The molecule has 0 aromatic carbocycles. The van der Waals surface area contributed by atoms with Gasteiger partial charge in [0.15, 0.2) is 0 Å². The van der Waals surface area contributed by atoms with E-state index >= 15 is 0 Å².